The van der Waals surface area contributed by atoms with E-state index in [-0.39, 0.29) is 0 Å². The Morgan fingerprint density at radius 1 is 1.44 bits per heavy atom. The molecule has 3 fully saturated rings. The maximum absolute atomic E-state index is 3.96. The van der Waals surface area contributed by atoms with Crippen molar-refractivity contribution in [2.75, 3.05) is 19.6 Å². The first-order chi connectivity index (χ1) is 8.86. The summed E-state index contributed by atoms with van der Waals surface area (Å²) in [5.74, 6) is 0.925. The monoisotopic (exact) mass is 264 g/mol. The van der Waals surface area contributed by atoms with Gasteiger partial charge in [0.25, 0.3) is 0 Å². The van der Waals surface area contributed by atoms with Gasteiger partial charge in [0.15, 0.2) is 0 Å². The third-order valence-corrected chi connectivity index (χ3v) is 5.52. The summed E-state index contributed by atoms with van der Waals surface area (Å²) in [4.78, 5) is 4.16. The molecule has 0 spiro atoms. The van der Waals surface area contributed by atoms with Gasteiger partial charge in [0.1, 0.15) is 0 Å². The number of fused-ring (bicyclic) bond motifs is 3. The molecule has 2 unspecified atom stereocenters. The second-order valence-electron chi connectivity index (χ2n) is 5.77. The van der Waals surface area contributed by atoms with Crippen molar-refractivity contribution in [3.63, 3.8) is 0 Å². The Hall–Kier alpha value is -0.380. The van der Waals surface area contributed by atoms with Crippen LogP contribution in [0.2, 0.25) is 0 Å². The predicted octanol–water partition coefficient (Wildman–Crippen LogP) is 3.27. The van der Waals surface area contributed by atoms with Crippen molar-refractivity contribution in [3.8, 4) is 0 Å². The molecule has 4 heterocycles. The molecule has 3 aliphatic rings. The van der Waals surface area contributed by atoms with Crippen molar-refractivity contribution in [1.29, 1.82) is 0 Å². The molecule has 0 aromatic carbocycles. The van der Waals surface area contributed by atoms with E-state index in [9.17, 15) is 0 Å². The Labute approximate surface area is 114 Å². The van der Waals surface area contributed by atoms with Crippen LogP contribution in [0.5, 0.6) is 0 Å². The topological polar surface area (TPSA) is 15.3 Å². The molecule has 4 rings (SSSR count). The Kier molecular flexibility index (Phi) is 4.02. The number of rotatable bonds is 5. The van der Waals surface area contributed by atoms with Gasteiger partial charge < -0.3 is 10.2 Å². The Balaban J connectivity index is 1.65. The fourth-order valence-corrected chi connectivity index (χ4v) is 4.32. The zero-order chi connectivity index (χ0) is 12.4. The highest BCUT2D eigenvalue weighted by molar-refractivity contribution is 7.10. The van der Waals surface area contributed by atoms with Crippen LogP contribution in [0.1, 0.15) is 43.5 Å². The highest BCUT2D eigenvalue weighted by atomic mass is 32.1. The fraction of sp³-hybridized carbons (Fsp3) is 0.733. The smallest absolute Gasteiger partial charge is 0.0417 e. The normalized spacial score (nSPS) is 32.6. The van der Waals surface area contributed by atoms with Crippen molar-refractivity contribution in [1.82, 2.24) is 10.2 Å². The van der Waals surface area contributed by atoms with Gasteiger partial charge in [-0.15, -0.1) is 11.3 Å². The van der Waals surface area contributed by atoms with Crippen molar-refractivity contribution in [3.05, 3.63) is 22.4 Å². The first-order valence-electron chi connectivity index (χ1n) is 7.38. The van der Waals surface area contributed by atoms with E-state index in [0.29, 0.717) is 6.04 Å². The highest BCUT2D eigenvalue weighted by Gasteiger charge is 2.35. The largest absolute Gasteiger partial charge is 0.305 e. The van der Waals surface area contributed by atoms with Gasteiger partial charge in [-0.3, -0.25) is 0 Å². The molecule has 0 saturated carbocycles. The molecular weight excluding hydrogens is 240 g/mol. The van der Waals surface area contributed by atoms with Crippen LogP contribution in [-0.4, -0.2) is 30.6 Å². The SMILES string of the molecule is CCCC(NC1CN2CCC1CC2)c1cccs1. The summed E-state index contributed by atoms with van der Waals surface area (Å²) in [5.41, 5.74) is 0. The van der Waals surface area contributed by atoms with Gasteiger partial charge in [0.05, 0.1) is 0 Å². The van der Waals surface area contributed by atoms with Crippen LogP contribution >= 0.6 is 11.3 Å². The quantitative estimate of drug-likeness (QED) is 0.878. The fourth-order valence-electron chi connectivity index (χ4n) is 3.50. The third kappa shape index (κ3) is 2.63. The minimum Gasteiger partial charge on any atom is -0.305 e. The van der Waals surface area contributed by atoms with E-state index in [1.54, 1.807) is 0 Å². The molecule has 2 atom stereocenters. The summed E-state index contributed by atoms with van der Waals surface area (Å²) in [6.45, 7) is 6.23. The van der Waals surface area contributed by atoms with Gasteiger partial charge in [-0.25, -0.2) is 0 Å². The number of hydrogen-bond donors (Lipinski definition) is 1. The number of thiophene rings is 1. The van der Waals surface area contributed by atoms with E-state index in [4.69, 9.17) is 0 Å². The average Bonchev–Trinajstić information content (AvgIpc) is 2.93. The molecule has 3 heteroatoms. The zero-order valence-corrected chi connectivity index (χ0v) is 12.1. The summed E-state index contributed by atoms with van der Waals surface area (Å²) in [6, 6.07) is 5.78. The lowest BCUT2D eigenvalue weighted by Gasteiger charge is -2.46. The predicted molar refractivity (Wildman–Crippen MR) is 78.1 cm³/mol. The second-order valence-corrected chi connectivity index (χ2v) is 6.75. The van der Waals surface area contributed by atoms with Crippen LogP contribution in [-0.2, 0) is 0 Å². The minimum atomic E-state index is 0.584. The van der Waals surface area contributed by atoms with E-state index in [1.165, 1.54) is 50.2 Å². The Bertz CT molecular complexity index is 355. The summed E-state index contributed by atoms with van der Waals surface area (Å²) < 4.78 is 0. The standard InChI is InChI=1S/C15H24N2S/c1-2-4-13(15-5-3-10-18-15)16-14-11-17-8-6-12(14)7-9-17/h3,5,10,12-14,16H,2,4,6-9,11H2,1H3. The van der Waals surface area contributed by atoms with Crippen LogP contribution in [0.15, 0.2) is 17.5 Å². The molecule has 1 aromatic heterocycles. The van der Waals surface area contributed by atoms with Crippen LogP contribution in [0, 0.1) is 5.92 Å². The number of hydrogen-bond acceptors (Lipinski definition) is 3. The van der Waals surface area contributed by atoms with Crippen molar-refractivity contribution < 1.29 is 0 Å². The summed E-state index contributed by atoms with van der Waals surface area (Å²) in [6.07, 6.45) is 5.34. The maximum Gasteiger partial charge on any atom is 0.0417 e. The molecule has 1 aromatic rings. The third-order valence-electron chi connectivity index (χ3n) is 4.54. The van der Waals surface area contributed by atoms with Crippen molar-refractivity contribution in [2.24, 2.45) is 5.92 Å². The lowest BCUT2D eigenvalue weighted by atomic mass is 9.83. The van der Waals surface area contributed by atoms with Gasteiger partial charge in [-0.1, -0.05) is 19.4 Å². The lowest BCUT2D eigenvalue weighted by Crippen LogP contribution is -2.56. The first kappa shape index (κ1) is 12.6. The van der Waals surface area contributed by atoms with E-state index in [0.717, 1.165) is 12.0 Å². The molecule has 100 valence electrons. The van der Waals surface area contributed by atoms with E-state index in [2.05, 4.69) is 34.7 Å². The molecule has 0 amide bonds. The highest BCUT2D eigenvalue weighted by Crippen LogP contribution is 2.31. The van der Waals surface area contributed by atoms with Crippen LogP contribution in [0.25, 0.3) is 0 Å². The van der Waals surface area contributed by atoms with Crippen molar-refractivity contribution in [2.45, 2.75) is 44.7 Å². The molecule has 0 radical (unpaired) electrons. The second kappa shape index (κ2) is 5.72. The van der Waals surface area contributed by atoms with E-state index < -0.39 is 0 Å². The molecule has 18 heavy (non-hydrogen) atoms. The number of nitrogens with one attached hydrogen (secondary N) is 1. The molecule has 2 bridgehead atoms. The van der Waals surface area contributed by atoms with Gasteiger partial charge in [-0.05, 0) is 49.7 Å². The van der Waals surface area contributed by atoms with Gasteiger partial charge >= 0.3 is 0 Å². The van der Waals surface area contributed by atoms with Crippen molar-refractivity contribution >= 4 is 11.3 Å². The Morgan fingerprint density at radius 2 is 2.28 bits per heavy atom. The maximum atomic E-state index is 3.96. The molecule has 3 saturated heterocycles. The first-order valence-corrected chi connectivity index (χ1v) is 8.26. The number of piperidine rings is 3. The van der Waals surface area contributed by atoms with E-state index >= 15 is 0 Å². The summed E-state index contributed by atoms with van der Waals surface area (Å²) >= 11 is 1.90. The summed E-state index contributed by atoms with van der Waals surface area (Å²) in [5, 5.41) is 6.16. The molecule has 1 N–H and O–H groups in total. The van der Waals surface area contributed by atoms with Crippen LogP contribution in [0.3, 0.4) is 0 Å². The zero-order valence-electron chi connectivity index (χ0n) is 11.3. The molecule has 0 aliphatic carbocycles. The van der Waals surface area contributed by atoms with Gasteiger partial charge in [-0.2, -0.15) is 0 Å². The minimum absolute atomic E-state index is 0.584. The van der Waals surface area contributed by atoms with Crippen LogP contribution in [0.4, 0.5) is 0 Å². The molecule has 2 nitrogen and oxygen atoms in total. The van der Waals surface area contributed by atoms with Crippen LogP contribution < -0.4 is 5.32 Å². The van der Waals surface area contributed by atoms with E-state index in [1.807, 2.05) is 11.3 Å². The molecular formula is C15H24N2S. The molecule has 3 aliphatic heterocycles. The lowest BCUT2D eigenvalue weighted by molar-refractivity contribution is 0.0665. The summed E-state index contributed by atoms with van der Waals surface area (Å²) in [7, 11) is 0. The average molecular weight is 264 g/mol. The Morgan fingerprint density at radius 3 is 2.83 bits per heavy atom. The van der Waals surface area contributed by atoms with Gasteiger partial charge in [0, 0.05) is 23.5 Å². The number of nitrogens with zero attached hydrogens (tertiary/aromatic N) is 1. The van der Waals surface area contributed by atoms with Gasteiger partial charge in [0.2, 0.25) is 0 Å².